The third-order valence-electron chi connectivity index (χ3n) is 2.74. The first-order valence-electron chi connectivity index (χ1n) is 5.99. The van der Waals surface area contributed by atoms with Crippen molar-refractivity contribution < 1.29 is 18.7 Å². The minimum atomic E-state index is -1.41. The summed E-state index contributed by atoms with van der Waals surface area (Å²) < 4.78 is 26.8. The van der Waals surface area contributed by atoms with Gasteiger partial charge in [0.05, 0.1) is 12.0 Å². The van der Waals surface area contributed by atoms with Gasteiger partial charge in [-0.3, -0.25) is 4.79 Å². The van der Waals surface area contributed by atoms with Crippen LogP contribution in [0.15, 0.2) is 35.7 Å². The summed E-state index contributed by atoms with van der Waals surface area (Å²) in [7, 11) is 0. The Morgan fingerprint density at radius 1 is 1.25 bits per heavy atom. The van der Waals surface area contributed by atoms with Gasteiger partial charge in [0.15, 0.2) is 0 Å². The van der Waals surface area contributed by atoms with E-state index in [1.54, 1.807) is 0 Å². The van der Waals surface area contributed by atoms with E-state index in [1.165, 1.54) is 17.4 Å². The van der Waals surface area contributed by atoms with E-state index in [0.717, 1.165) is 17.0 Å². The molecule has 0 saturated heterocycles. The molecule has 0 aliphatic rings. The van der Waals surface area contributed by atoms with Crippen LogP contribution in [0.3, 0.4) is 0 Å². The molecule has 0 saturated carbocycles. The highest BCUT2D eigenvalue weighted by molar-refractivity contribution is 7.10. The summed E-state index contributed by atoms with van der Waals surface area (Å²) in [5, 5.41) is 14.1. The number of amides is 1. The molecule has 0 spiro atoms. The van der Waals surface area contributed by atoms with Crippen LogP contribution in [-0.4, -0.2) is 17.6 Å². The smallest absolute Gasteiger partial charge is 0.225 e. The van der Waals surface area contributed by atoms with Crippen molar-refractivity contribution in [1.82, 2.24) is 5.32 Å². The molecule has 1 amide bonds. The molecule has 0 aliphatic heterocycles. The zero-order valence-corrected chi connectivity index (χ0v) is 11.3. The summed E-state index contributed by atoms with van der Waals surface area (Å²) in [6.07, 6.45) is -1.23. The third kappa shape index (κ3) is 3.61. The lowest BCUT2D eigenvalue weighted by atomic mass is 10.1. The summed E-state index contributed by atoms with van der Waals surface area (Å²) >= 11 is 1.44. The predicted octanol–water partition coefficient (Wildman–Crippen LogP) is 2.42. The number of rotatable bonds is 5. The van der Waals surface area contributed by atoms with E-state index >= 15 is 0 Å². The van der Waals surface area contributed by atoms with Gasteiger partial charge in [-0.05, 0) is 23.6 Å². The van der Waals surface area contributed by atoms with Crippen LogP contribution >= 0.6 is 11.3 Å². The first-order chi connectivity index (χ1) is 9.58. The van der Waals surface area contributed by atoms with Crippen LogP contribution in [0.1, 0.15) is 16.5 Å². The quantitative estimate of drug-likeness (QED) is 0.890. The van der Waals surface area contributed by atoms with E-state index in [1.807, 2.05) is 17.5 Å². The molecule has 1 aromatic carbocycles. The molecule has 2 aromatic rings. The molecule has 2 N–H and O–H groups in total. The minimum absolute atomic E-state index is 0.185. The molecule has 1 heterocycles. The zero-order valence-electron chi connectivity index (χ0n) is 10.5. The highest BCUT2D eigenvalue weighted by Gasteiger charge is 2.18. The molecular weight excluding hydrogens is 284 g/mol. The maximum Gasteiger partial charge on any atom is 0.225 e. The van der Waals surface area contributed by atoms with Crippen LogP contribution in [0.25, 0.3) is 0 Å². The monoisotopic (exact) mass is 297 g/mol. The standard InChI is InChI=1S/C14H13F2NO2S/c15-10-4-1-5-11(16)14(10)12(18)8-17-13(19)7-9-3-2-6-20-9/h1-6,12,18H,7-8H2,(H,17,19). The second kappa shape index (κ2) is 6.58. The van der Waals surface area contributed by atoms with Crippen LogP contribution in [0.2, 0.25) is 0 Å². The van der Waals surface area contributed by atoms with Crippen molar-refractivity contribution in [3.8, 4) is 0 Å². The molecule has 6 heteroatoms. The van der Waals surface area contributed by atoms with E-state index in [0.29, 0.717) is 0 Å². The Morgan fingerprint density at radius 3 is 2.55 bits per heavy atom. The van der Waals surface area contributed by atoms with Crippen molar-refractivity contribution in [2.75, 3.05) is 6.54 Å². The van der Waals surface area contributed by atoms with Crippen LogP contribution in [0.5, 0.6) is 0 Å². The number of nitrogens with one attached hydrogen (secondary N) is 1. The maximum atomic E-state index is 13.4. The molecule has 20 heavy (non-hydrogen) atoms. The molecule has 0 radical (unpaired) electrons. The van der Waals surface area contributed by atoms with Gasteiger partial charge < -0.3 is 10.4 Å². The average molecular weight is 297 g/mol. The first kappa shape index (κ1) is 14.6. The number of carbonyl (C=O) groups excluding carboxylic acids is 1. The van der Waals surface area contributed by atoms with Gasteiger partial charge in [0.25, 0.3) is 0 Å². The van der Waals surface area contributed by atoms with Crippen molar-refractivity contribution >= 4 is 17.2 Å². The lowest BCUT2D eigenvalue weighted by molar-refractivity contribution is -0.120. The molecule has 1 aromatic heterocycles. The van der Waals surface area contributed by atoms with Gasteiger partial charge >= 0.3 is 0 Å². The molecule has 106 valence electrons. The van der Waals surface area contributed by atoms with Crippen molar-refractivity contribution in [3.05, 3.63) is 57.8 Å². The van der Waals surface area contributed by atoms with Crippen LogP contribution in [-0.2, 0) is 11.2 Å². The molecule has 0 bridgehead atoms. The summed E-state index contributed by atoms with van der Waals surface area (Å²) in [6, 6.07) is 6.99. The van der Waals surface area contributed by atoms with Crippen molar-refractivity contribution in [3.63, 3.8) is 0 Å². The van der Waals surface area contributed by atoms with E-state index in [2.05, 4.69) is 5.32 Å². The summed E-state index contributed by atoms with van der Waals surface area (Å²) in [6.45, 7) is -0.234. The average Bonchev–Trinajstić information content (AvgIpc) is 2.89. The van der Waals surface area contributed by atoms with Gasteiger partial charge in [0, 0.05) is 11.4 Å². The topological polar surface area (TPSA) is 49.3 Å². The Hall–Kier alpha value is -1.79. The van der Waals surface area contributed by atoms with Crippen molar-refractivity contribution in [2.24, 2.45) is 0 Å². The molecule has 0 aliphatic carbocycles. The Balaban J connectivity index is 1.92. The summed E-state index contributed by atoms with van der Waals surface area (Å²) in [4.78, 5) is 12.5. The summed E-state index contributed by atoms with van der Waals surface area (Å²) in [5.74, 6) is -1.96. The van der Waals surface area contributed by atoms with E-state index < -0.39 is 23.3 Å². The maximum absolute atomic E-state index is 13.4. The second-order valence-electron chi connectivity index (χ2n) is 4.21. The lowest BCUT2D eigenvalue weighted by Crippen LogP contribution is -2.30. The zero-order chi connectivity index (χ0) is 14.5. The van der Waals surface area contributed by atoms with Gasteiger partial charge in [0.2, 0.25) is 5.91 Å². The largest absolute Gasteiger partial charge is 0.386 e. The minimum Gasteiger partial charge on any atom is -0.386 e. The van der Waals surface area contributed by atoms with Crippen LogP contribution in [0.4, 0.5) is 8.78 Å². The predicted molar refractivity (Wildman–Crippen MR) is 72.4 cm³/mol. The molecule has 1 unspecified atom stereocenters. The Labute approximate surface area is 118 Å². The molecule has 3 nitrogen and oxygen atoms in total. The van der Waals surface area contributed by atoms with E-state index in [4.69, 9.17) is 0 Å². The van der Waals surface area contributed by atoms with Gasteiger partial charge in [-0.1, -0.05) is 12.1 Å². The fraction of sp³-hybridized carbons (Fsp3) is 0.214. The number of aliphatic hydroxyl groups excluding tert-OH is 1. The van der Waals surface area contributed by atoms with E-state index in [9.17, 15) is 18.7 Å². The number of halogens is 2. The first-order valence-corrected chi connectivity index (χ1v) is 6.87. The van der Waals surface area contributed by atoms with Gasteiger partial charge in [-0.2, -0.15) is 0 Å². The van der Waals surface area contributed by atoms with E-state index in [-0.39, 0.29) is 18.9 Å². The number of aliphatic hydroxyl groups is 1. The number of hydrogen-bond acceptors (Lipinski definition) is 3. The Kier molecular flexibility index (Phi) is 4.81. The fourth-order valence-electron chi connectivity index (χ4n) is 1.78. The molecule has 2 rings (SSSR count). The number of hydrogen-bond donors (Lipinski definition) is 2. The lowest BCUT2D eigenvalue weighted by Gasteiger charge is -2.13. The normalized spacial score (nSPS) is 12.2. The van der Waals surface area contributed by atoms with Crippen LogP contribution < -0.4 is 5.32 Å². The van der Waals surface area contributed by atoms with Gasteiger partial charge in [-0.25, -0.2) is 8.78 Å². The molecular formula is C14H13F2NO2S. The van der Waals surface area contributed by atoms with Crippen molar-refractivity contribution in [2.45, 2.75) is 12.5 Å². The SMILES string of the molecule is O=C(Cc1cccs1)NCC(O)c1c(F)cccc1F. The fourth-order valence-corrected chi connectivity index (χ4v) is 2.48. The number of thiophene rings is 1. The van der Waals surface area contributed by atoms with Crippen LogP contribution in [0, 0.1) is 11.6 Å². The molecule has 0 fully saturated rings. The Bertz CT molecular complexity index is 567. The number of benzene rings is 1. The van der Waals surface area contributed by atoms with Crippen molar-refractivity contribution in [1.29, 1.82) is 0 Å². The third-order valence-corrected chi connectivity index (χ3v) is 3.62. The highest BCUT2D eigenvalue weighted by Crippen LogP contribution is 2.20. The molecule has 1 atom stereocenters. The second-order valence-corrected chi connectivity index (χ2v) is 5.24. The van der Waals surface area contributed by atoms with Gasteiger partial charge in [0.1, 0.15) is 17.7 Å². The van der Waals surface area contributed by atoms with Gasteiger partial charge in [-0.15, -0.1) is 11.3 Å². The summed E-state index contributed by atoms with van der Waals surface area (Å²) in [5.41, 5.74) is -0.427. The number of carbonyl (C=O) groups is 1. The Morgan fingerprint density at radius 2 is 1.95 bits per heavy atom. The highest BCUT2D eigenvalue weighted by atomic mass is 32.1.